The molecule has 7 heteroatoms. The van der Waals surface area contributed by atoms with Crippen LogP contribution in [0.5, 0.6) is 17.2 Å². The Morgan fingerprint density at radius 1 is 1.03 bits per heavy atom. The third-order valence-corrected chi connectivity index (χ3v) is 5.88. The number of carbonyl (C=O) groups is 1. The van der Waals surface area contributed by atoms with Crippen molar-refractivity contribution in [3.63, 3.8) is 0 Å². The summed E-state index contributed by atoms with van der Waals surface area (Å²) in [6.07, 6.45) is 2.58. The van der Waals surface area contributed by atoms with Gasteiger partial charge in [-0.05, 0) is 54.8 Å². The molecule has 0 aliphatic heterocycles. The highest BCUT2D eigenvalue weighted by atomic mass is 16.5. The van der Waals surface area contributed by atoms with E-state index in [0.717, 1.165) is 22.3 Å². The van der Waals surface area contributed by atoms with Crippen LogP contribution >= 0.6 is 0 Å². The molecule has 0 spiro atoms. The number of nitrogens with two attached hydrogens (primary N) is 1. The van der Waals surface area contributed by atoms with Gasteiger partial charge in [0.05, 0.1) is 26.4 Å². The van der Waals surface area contributed by atoms with Crippen LogP contribution < -0.4 is 25.3 Å². The molecular formula is C30H58N2O5. The lowest BCUT2D eigenvalue weighted by Crippen LogP contribution is -2.28. The standard InChI is InChI=1S/C30H34N2O5.12H2/c1-5-14-36-27-19-24(18-21(2)22(27)3)30(33)32-13-15-35-16-17-37-28-20-25(34-4)11-12-26(28)29(31)23-9-7-6-8-10-23;;;;;;;;;;;;/h6-12,18-20,29H,13,15-17,31H2,1-4H3,(H,32,33);12*1H. The second-order valence-electron chi connectivity index (χ2n) is 8.38. The quantitative estimate of drug-likeness (QED) is 0.187. The van der Waals surface area contributed by atoms with Gasteiger partial charge in [-0.15, -0.1) is 0 Å². The van der Waals surface area contributed by atoms with Gasteiger partial charge in [0.2, 0.25) is 0 Å². The van der Waals surface area contributed by atoms with Crippen molar-refractivity contribution >= 4 is 5.91 Å². The molecule has 0 bridgehead atoms. The fourth-order valence-electron chi connectivity index (χ4n) is 3.69. The Bertz CT molecular complexity index is 1290. The summed E-state index contributed by atoms with van der Waals surface area (Å²) in [7, 11) is 1.61. The minimum Gasteiger partial charge on any atom is -0.497 e. The van der Waals surface area contributed by atoms with E-state index in [4.69, 9.17) is 24.7 Å². The van der Waals surface area contributed by atoms with Crippen LogP contribution in [0, 0.1) is 25.9 Å². The van der Waals surface area contributed by atoms with Crippen LogP contribution in [0.1, 0.15) is 62.7 Å². The molecule has 218 valence electrons. The molecule has 7 nitrogen and oxygen atoms in total. The number of ether oxygens (including phenoxy) is 4. The molecule has 3 rings (SSSR count). The summed E-state index contributed by atoms with van der Waals surface area (Å²) < 4.78 is 22.4. The molecule has 0 radical (unpaired) electrons. The number of methoxy groups -OCH3 is 1. The van der Waals surface area contributed by atoms with Crippen LogP contribution in [0.2, 0.25) is 0 Å². The number of aryl methyl sites for hydroxylation is 1. The highest BCUT2D eigenvalue weighted by Gasteiger charge is 2.16. The molecule has 1 atom stereocenters. The minimum absolute atomic E-state index is 0. The zero-order chi connectivity index (χ0) is 26.6. The molecule has 0 saturated heterocycles. The minimum atomic E-state index is -0.330. The Balaban J connectivity index is -0.000000158. The second kappa shape index (κ2) is 13.9. The van der Waals surface area contributed by atoms with Crippen LogP contribution in [0.3, 0.4) is 0 Å². The molecule has 0 aromatic heterocycles. The lowest BCUT2D eigenvalue weighted by atomic mass is 9.98. The number of carbonyl (C=O) groups excluding carboxylic acids is 1. The first-order valence-electron chi connectivity index (χ1n) is 12.1. The van der Waals surface area contributed by atoms with Gasteiger partial charge in [0.1, 0.15) is 30.0 Å². The Labute approximate surface area is 236 Å². The average Bonchev–Trinajstić information content (AvgIpc) is 2.93. The maximum atomic E-state index is 12.6. The summed E-state index contributed by atoms with van der Waals surface area (Å²) in [6.45, 7) is 6.94. The van der Waals surface area contributed by atoms with Crippen molar-refractivity contribution in [1.29, 1.82) is 0 Å². The molecule has 0 aliphatic rings. The van der Waals surface area contributed by atoms with Crippen molar-refractivity contribution in [3.8, 4) is 29.3 Å². The summed E-state index contributed by atoms with van der Waals surface area (Å²) in [5.41, 5.74) is 10.8. The van der Waals surface area contributed by atoms with E-state index < -0.39 is 0 Å². The first-order chi connectivity index (χ1) is 17.9. The largest absolute Gasteiger partial charge is 0.497 e. The fraction of sp³-hybridized carbons (Fsp3) is 0.300. The van der Waals surface area contributed by atoms with Gasteiger partial charge in [-0.1, -0.05) is 36.3 Å². The molecule has 3 N–H and O–H groups in total. The predicted octanol–water partition coefficient (Wildman–Crippen LogP) is 7.50. The van der Waals surface area contributed by atoms with Crippen LogP contribution in [0.25, 0.3) is 0 Å². The van der Waals surface area contributed by atoms with Crippen LogP contribution in [-0.2, 0) is 4.74 Å². The van der Waals surface area contributed by atoms with Gasteiger partial charge in [0.15, 0.2) is 0 Å². The molecule has 0 heterocycles. The number of amides is 1. The van der Waals surface area contributed by atoms with E-state index in [1.165, 1.54) is 0 Å². The van der Waals surface area contributed by atoms with Crippen LogP contribution in [0.4, 0.5) is 0 Å². The lowest BCUT2D eigenvalue weighted by Gasteiger charge is -2.18. The molecule has 0 saturated carbocycles. The topological polar surface area (TPSA) is 92.0 Å². The smallest absolute Gasteiger partial charge is 0.251 e. The van der Waals surface area contributed by atoms with Gasteiger partial charge in [0, 0.05) is 47.8 Å². The van der Waals surface area contributed by atoms with Gasteiger partial charge < -0.3 is 30.0 Å². The van der Waals surface area contributed by atoms with Gasteiger partial charge in [-0.3, -0.25) is 4.79 Å². The molecule has 1 unspecified atom stereocenters. The monoisotopic (exact) mass is 526 g/mol. The SMILES string of the molecule is CC#COc1cc(C(=O)NCCOCCOc2cc(OC)ccc2C(N)c2ccccc2)cc(C)c1C.[HH].[HH].[HH].[HH].[HH].[HH].[HH].[HH].[HH].[HH].[HH].[HH]. The van der Waals surface area contributed by atoms with E-state index in [0.29, 0.717) is 49.2 Å². The van der Waals surface area contributed by atoms with Crippen molar-refractivity contribution in [2.75, 3.05) is 33.5 Å². The molecular weight excluding hydrogens is 468 g/mol. The number of hydrogen-bond donors (Lipinski definition) is 2. The average molecular weight is 527 g/mol. The first kappa shape index (κ1) is 27.6. The van der Waals surface area contributed by atoms with Crippen molar-refractivity contribution in [1.82, 2.24) is 5.32 Å². The maximum Gasteiger partial charge on any atom is 0.251 e. The first-order valence-corrected chi connectivity index (χ1v) is 12.1. The van der Waals surface area contributed by atoms with E-state index in [-0.39, 0.29) is 29.1 Å². The van der Waals surface area contributed by atoms with Crippen molar-refractivity contribution in [3.05, 3.63) is 88.5 Å². The Morgan fingerprint density at radius 3 is 2.54 bits per heavy atom. The van der Waals surface area contributed by atoms with Gasteiger partial charge in [-0.2, -0.15) is 0 Å². The molecule has 0 fully saturated rings. The summed E-state index contributed by atoms with van der Waals surface area (Å²) in [5.74, 6) is 4.40. The van der Waals surface area contributed by atoms with Crippen LogP contribution in [0.15, 0.2) is 60.7 Å². The van der Waals surface area contributed by atoms with E-state index >= 15 is 0 Å². The third kappa shape index (κ3) is 7.74. The third-order valence-electron chi connectivity index (χ3n) is 5.88. The van der Waals surface area contributed by atoms with E-state index in [1.54, 1.807) is 20.1 Å². The Hall–Kier alpha value is -3.99. The highest BCUT2D eigenvalue weighted by molar-refractivity contribution is 5.95. The van der Waals surface area contributed by atoms with Crippen molar-refractivity contribution in [2.24, 2.45) is 5.73 Å². The van der Waals surface area contributed by atoms with E-state index in [2.05, 4.69) is 17.3 Å². The van der Waals surface area contributed by atoms with Crippen LogP contribution in [-0.4, -0.2) is 39.4 Å². The zero-order valence-electron chi connectivity index (χ0n) is 21.8. The van der Waals surface area contributed by atoms with Gasteiger partial charge >= 0.3 is 0 Å². The second-order valence-corrected chi connectivity index (χ2v) is 8.38. The number of rotatable bonds is 12. The Kier molecular flexibility index (Phi) is 10.4. The Morgan fingerprint density at radius 2 is 1.81 bits per heavy atom. The molecule has 1 amide bonds. The summed E-state index contributed by atoms with van der Waals surface area (Å²) in [6, 6.07) is 18.7. The number of nitrogens with one attached hydrogen (secondary N) is 1. The molecule has 37 heavy (non-hydrogen) atoms. The molecule has 3 aromatic carbocycles. The van der Waals surface area contributed by atoms with Crippen molar-refractivity contribution < 1.29 is 40.9 Å². The normalized spacial score (nSPS) is 11.2. The summed E-state index contributed by atoms with van der Waals surface area (Å²) in [4.78, 5) is 12.6. The van der Waals surface area contributed by atoms with Crippen molar-refractivity contribution in [2.45, 2.75) is 26.8 Å². The molecule has 0 aliphatic carbocycles. The fourth-order valence-corrected chi connectivity index (χ4v) is 3.69. The number of benzene rings is 3. The van der Waals surface area contributed by atoms with E-state index in [1.807, 2.05) is 68.4 Å². The maximum absolute atomic E-state index is 12.6. The molecule has 3 aromatic rings. The number of hydrogen-bond acceptors (Lipinski definition) is 6. The summed E-state index contributed by atoms with van der Waals surface area (Å²) in [5, 5.41) is 2.87. The van der Waals surface area contributed by atoms with Gasteiger partial charge in [0.25, 0.3) is 5.91 Å². The summed E-state index contributed by atoms with van der Waals surface area (Å²) >= 11 is 0. The van der Waals surface area contributed by atoms with E-state index in [9.17, 15) is 4.79 Å². The lowest BCUT2D eigenvalue weighted by molar-refractivity contribution is 0.0865. The highest BCUT2D eigenvalue weighted by Crippen LogP contribution is 2.32. The zero-order valence-corrected chi connectivity index (χ0v) is 21.8. The van der Waals surface area contributed by atoms with Gasteiger partial charge in [-0.25, -0.2) is 0 Å². The predicted molar refractivity (Wildman–Crippen MR) is 169 cm³/mol.